The molecule has 0 aromatic carbocycles. The van der Waals surface area contributed by atoms with Crippen LogP contribution in [0.15, 0.2) is 18.5 Å². The van der Waals surface area contributed by atoms with Gasteiger partial charge >= 0.3 is 0 Å². The molecule has 2 heterocycles. The summed E-state index contributed by atoms with van der Waals surface area (Å²) < 4.78 is 2.35. The van der Waals surface area contributed by atoms with Gasteiger partial charge in [0, 0.05) is 22.0 Å². The zero-order valence-electron chi connectivity index (χ0n) is 13.1. The van der Waals surface area contributed by atoms with E-state index in [0.29, 0.717) is 5.92 Å². The molecule has 2 aromatic rings. The van der Waals surface area contributed by atoms with Crippen LogP contribution in [0.4, 0.5) is 0 Å². The van der Waals surface area contributed by atoms with E-state index in [0.717, 1.165) is 26.1 Å². The number of nitrogens with zero attached hydrogens (tertiary/aromatic N) is 2. The molecule has 0 saturated heterocycles. The summed E-state index contributed by atoms with van der Waals surface area (Å²) >= 11 is 1.92. The van der Waals surface area contributed by atoms with Crippen LogP contribution in [0.25, 0.3) is 0 Å². The number of hydrogen-bond donors (Lipinski definition) is 1. The number of aryl methyl sites for hydroxylation is 1. The van der Waals surface area contributed by atoms with Crippen LogP contribution >= 0.6 is 11.3 Å². The van der Waals surface area contributed by atoms with Crippen LogP contribution < -0.4 is 5.32 Å². The summed E-state index contributed by atoms with van der Waals surface area (Å²) in [4.78, 5) is 7.45. The molecule has 0 unspecified atom stereocenters. The van der Waals surface area contributed by atoms with Gasteiger partial charge in [0.1, 0.15) is 0 Å². The van der Waals surface area contributed by atoms with E-state index in [1.54, 1.807) is 0 Å². The second-order valence-electron chi connectivity index (χ2n) is 6.37. The minimum absolute atomic E-state index is 0.710. The van der Waals surface area contributed by atoms with E-state index < -0.39 is 0 Å². The standard InChI is InChI=1S/C17H25N3S/c1-13(2)9-18-10-14-7-8-15(21-14)11-20-12-19-16-5-3-4-6-17(16)20/h7-8,12-13,18H,3-6,9-11H2,1-2H3. The Hall–Kier alpha value is -1.13. The largest absolute Gasteiger partial charge is 0.329 e. The van der Waals surface area contributed by atoms with Gasteiger partial charge in [-0.3, -0.25) is 0 Å². The first kappa shape index (κ1) is 14.8. The van der Waals surface area contributed by atoms with Crippen molar-refractivity contribution in [2.75, 3.05) is 6.54 Å². The van der Waals surface area contributed by atoms with Gasteiger partial charge in [-0.1, -0.05) is 13.8 Å². The molecular weight excluding hydrogens is 278 g/mol. The van der Waals surface area contributed by atoms with Gasteiger partial charge in [-0.2, -0.15) is 0 Å². The van der Waals surface area contributed by atoms with Crippen LogP contribution in [0.3, 0.4) is 0 Å². The third-order valence-corrected chi connectivity index (χ3v) is 5.08. The van der Waals surface area contributed by atoms with Gasteiger partial charge in [-0.05, 0) is 50.3 Å². The van der Waals surface area contributed by atoms with Gasteiger partial charge in [0.15, 0.2) is 0 Å². The van der Waals surface area contributed by atoms with Crippen LogP contribution in [0.2, 0.25) is 0 Å². The van der Waals surface area contributed by atoms with Crippen LogP contribution in [0, 0.1) is 5.92 Å². The number of fused-ring (bicyclic) bond motifs is 1. The Morgan fingerprint density at radius 1 is 1.24 bits per heavy atom. The Morgan fingerprint density at radius 3 is 2.90 bits per heavy atom. The number of nitrogens with one attached hydrogen (secondary N) is 1. The Kier molecular flexibility index (Phi) is 4.76. The number of thiophene rings is 1. The number of imidazole rings is 1. The Bertz CT molecular complexity index is 583. The molecule has 0 amide bonds. The Morgan fingerprint density at radius 2 is 2.05 bits per heavy atom. The lowest BCUT2D eigenvalue weighted by molar-refractivity contribution is 0.555. The predicted octanol–water partition coefficient (Wildman–Crippen LogP) is 3.62. The van der Waals surface area contributed by atoms with Gasteiger partial charge < -0.3 is 9.88 Å². The normalized spacial score (nSPS) is 14.6. The molecule has 0 aliphatic heterocycles. The first-order valence-electron chi connectivity index (χ1n) is 8.03. The van der Waals surface area contributed by atoms with E-state index in [9.17, 15) is 0 Å². The summed E-state index contributed by atoms with van der Waals surface area (Å²) in [6.45, 7) is 7.55. The van der Waals surface area contributed by atoms with Crippen molar-refractivity contribution in [2.24, 2.45) is 5.92 Å². The van der Waals surface area contributed by atoms with Crippen molar-refractivity contribution in [1.29, 1.82) is 0 Å². The zero-order valence-corrected chi connectivity index (χ0v) is 13.9. The molecule has 0 radical (unpaired) electrons. The maximum atomic E-state index is 4.58. The minimum Gasteiger partial charge on any atom is -0.329 e. The van der Waals surface area contributed by atoms with Crippen LogP contribution in [-0.2, 0) is 25.9 Å². The highest BCUT2D eigenvalue weighted by atomic mass is 32.1. The van der Waals surface area contributed by atoms with Gasteiger partial charge in [-0.15, -0.1) is 11.3 Å². The van der Waals surface area contributed by atoms with E-state index in [1.165, 1.54) is 40.4 Å². The van der Waals surface area contributed by atoms with E-state index in [4.69, 9.17) is 0 Å². The Labute approximate surface area is 131 Å². The molecule has 0 atom stereocenters. The quantitative estimate of drug-likeness (QED) is 0.883. The molecule has 3 nitrogen and oxygen atoms in total. The molecule has 3 rings (SSSR count). The molecule has 0 spiro atoms. The first-order chi connectivity index (χ1) is 10.2. The van der Waals surface area contributed by atoms with Crippen molar-refractivity contribution in [3.63, 3.8) is 0 Å². The van der Waals surface area contributed by atoms with Gasteiger partial charge in [0.25, 0.3) is 0 Å². The van der Waals surface area contributed by atoms with E-state index >= 15 is 0 Å². The number of rotatable bonds is 6. The van der Waals surface area contributed by atoms with Gasteiger partial charge in [0.2, 0.25) is 0 Å². The van der Waals surface area contributed by atoms with Crippen LogP contribution in [0.1, 0.15) is 47.8 Å². The average molecular weight is 303 g/mol. The number of aromatic nitrogens is 2. The molecule has 4 heteroatoms. The Balaban J connectivity index is 1.60. The SMILES string of the molecule is CC(C)CNCc1ccc(Cn2cnc3c2CCCC3)s1. The van der Waals surface area contributed by atoms with E-state index in [2.05, 4.69) is 40.8 Å². The molecule has 1 aliphatic carbocycles. The minimum atomic E-state index is 0.710. The maximum absolute atomic E-state index is 4.58. The fraction of sp³-hybridized carbons (Fsp3) is 0.588. The summed E-state index contributed by atoms with van der Waals surface area (Å²) in [5, 5.41) is 3.51. The maximum Gasteiger partial charge on any atom is 0.0955 e. The predicted molar refractivity (Wildman–Crippen MR) is 88.8 cm³/mol. The second-order valence-corrected chi connectivity index (χ2v) is 7.62. The highest BCUT2D eigenvalue weighted by Gasteiger charge is 2.15. The lowest BCUT2D eigenvalue weighted by Crippen LogP contribution is -2.18. The summed E-state index contributed by atoms with van der Waals surface area (Å²) in [6, 6.07) is 4.53. The van der Waals surface area contributed by atoms with Gasteiger partial charge in [0.05, 0.1) is 18.6 Å². The van der Waals surface area contributed by atoms with Crippen molar-refractivity contribution in [2.45, 2.75) is 52.6 Å². The topological polar surface area (TPSA) is 29.9 Å². The average Bonchev–Trinajstić information content (AvgIpc) is 3.07. The molecule has 21 heavy (non-hydrogen) atoms. The van der Waals surface area contributed by atoms with E-state index in [1.807, 2.05) is 17.7 Å². The summed E-state index contributed by atoms with van der Waals surface area (Å²) in [7, 11) is 0. The van der Waals surface area contributed by atoms with Crippen molar-refractivity contribution in [1.82, 2.24) is 14.9 Å². The van der Waals surface area contributed by atoms with Crippen molar-refractivity contribution < 1.29 is 0 Å². The molecule has 1 aliphatic rings. The van der Waals surface area contributed by atoms with Gasteiger partial charge in [-0.25, -0.2) is 4.98 Å². The third kappa shape index (κ3) is 3.74. The third-order valence-electron chi connectivity index (χ3n) is 4.01. The fourth-order valence-electron chi connectivity index (χ4n) is 2.92. The monoisotopic (exact) mass is 303 g/mol. The molecule has 0 bridgehead atoms. The fourth-order valence-corrected chi connectivity index (χ4v) is 3.91. The molecular formula is C17H25N3S. The zero-order chi connectivity index (χ0) is 14.7. The van der Waals surface area contributed by atoms with Crippen LogP contribution in [0.5, 0.6) is 0 Å². The van der Waals surface area contributed by atoms with Crippen molar-refractivity contribution in [3.8, 4) is 0 Å². The van der Waals surface area contributed by atoms with Crippen molar-refractivity contribution >= 4 is 11.3 Å². The van der Waals surface area contributed by atoms with E-state index in [-0.39, 0.29) is 0 Å². The summed E-state index contributed by atoms with van der Waals surface area (Å²) in [5.74, 6) is 0.710. The van der Waals surface area contributed by atoms with Crippen LogP contribution in [-0.4, -0.2) is 16.1 Å². The summed E-state index contributed by atoms with van der Waals surface area (Å²) in [6.07, 6.45) is 7.01. The highest BCUT2D eigenvalue weighted by molar-refractivity contribution is 7.11. The smallest absolute Gasteiger partial charge is 0.0955 e. The second kappa shape index (κ2) is 6.75. The molecule has 2 aromatic heterocycles. The highest BCUT2D eigenvalue weighted by Crippen LogP contribution is 2.23. The van der Waals surface area contributed by atoms with Crippen molar-refractivity contribution in [3.05, 3.63) is 39.6 Å². The molecule has 0 fully saturated rings. The lowest BCUT2D eigenvalue weighted by atomic mass is 10.0. The molecule has 0 saturated carbocycles. The molecule has 1 N–H and O–H groups in total. The summed E-state index contributed by atoms with van der Waals surface area (Å²) in [5.41, 5.74) is 2.80. The molecule has 114 valence electrons. The first-order valence-corrected chi connectivity index (χ1v) is 8.85. The lowest BCUT2D eigenvalue weighted by Gasteiger charge is -2.13. The number of hydrogen-bond acceptors (Lipinski definition) is 3.